The predicted molar refractivity (Wildman–Crippen MR) is 82.6 cm³/mol. The third-order valence-corrected chi connectivity index (χ3v) is 3.46. The van der Waals surface area contributed by atoms with Gasteiger partial charge in [-0.05, 0) is 38.1 Å². The van der Waals surface area contributed by atoms with Crippen LogP contribution in [0.2, 0.25) is 0 Å². The maximum atomic E-state index is 11.7. The van der Waals surface area contributed by atoms with Crippen LogP contribution in [-0.4, -0.2) is 62.2 Å². The molecule has 0 bridgehead atoms. The predicted octanol–water partition coefficient (Wildman–Crippen LogP) is 0.964. The topological polar surface area (TPSA) is 66.5 Å². The number of hydrogen-bond acceptors (Lipinski definition) is 5. The first-order valence-electron chi connectivity index (χ1n) is 7.40. The van der Waals surface area contributed by atoms with E-state index in [9.17, 15) is 4.79 Å². The van der Waals surface area contributed by atoms with Gasteiger partial charge in [0.15, 0.2) is 0 Å². The molecule has 0 spiro atoms. The van der Waals surface area contributed by atoms with E-state index in [1.165, 1.54) is 4.90 Å². The molecule has 1 aliphatic rings. The van der Waals surface area contributed by atoms with Crippen LogP contribution in [0.3, 0.4) is 0 Å². The third-order valence-electron chi connectivity index (χ3n) is 3.46. The van der Waals surface area contributed by atoms with Crippen molar-refractivity contribution in [2.45, 2.75) is 18.9 Å². The fourth-order valence-corrected chi connectivity index (χ4v) is 2.25. The lowest BCUT2D eigenvalue weighted by molar-refractivity contribution is 0.0394. The molecule has 0 radical (unpaired) electrons. The Balaban J connectivity index is 1.69. The lowest BCUT2D eigenvalue weighted by Crippen LogP contribution is -2.33. The highest BCUT2D eigenvalue weighted by molar-refractivity contribution is 5.93. The maximum Gasteiger partial charge on any atom is 0.254 e. The smallest absolute Gasteiger partial charge is 0.254 e. The molecule has 21 heavy (non-hydrogen) atoms. The van der Waals surface area contributed by atoms with Crippen molar-refractivity contribution in [3.05, 3.63) is 23.9 Å². The van der Waals surface area contributed by atoms with Gasteiger partial charge in [0.25, 0.3) is 5.91 Å². The molecule has 6 nitrogen and oxygen atoms in total. The molecule has 1 saturated heterocycles. The Morgan fingerprint density at radius 2 is 2.19 bits per heavy atom. The summed E-state index contributed by atoms with van der Waals surface area (Å²) in [6.07, 6.45) is 4.14. The van der Waals surface area contributed by atoms with Crippen LogP contribution < -0.4 is 10.6 Å². The molecule has 1 amide bonds. The number of hydrogen-bond donors (Lipinski definition) is 2. The van der Waals surface area contributed by atoms with E-state index in [-0.39, 0.29) is 5.91 Å². The lowest BCUT2D eigenvalue weighted by atomic mass is 10.1. The molecule has 0 saturated carbocycles. The molecular weight excluding hydrogens is 268 g/mol. The molecule has 1 fully saturated rings. The highest BCUT2D eigenvalue weighted by Crippen LogP contribution is 2.08. The first kappa shape index (κ1) is 15.7. The lowest BCUT2D eigenvalue weighted by Gasteiger charge is -2.23. The number of ether oxygens (including phenoxy) is 1. The van der Waals surface area contributed by atoms with Crippen LogP contribution in [0.15, 0.2) is 18.3 Å². The fourth-order valence-electron chi connectivity index (χ4n) is 2.25. The molecule has 1 aliphatic heterocycles. The van der Waals surface area contributed by atoms with E-state index in [1.54, 1.807) is 26.4 Å². The molecule has 6 heteroatoms. The van der Waals surface area contributed by atoms with Gasteiger partial charge in [-0.3, -0.25) is 4.79 Å². The monoisotopic (exact) mass is 292 g/mol. The van der Waals surface area contributed by atoms with Crippen LogP contribution in [0.4, 0.5) is 5.82 Å². The number of amides is 1. The molecule has 2 rings (SSSR count). The minimum atomic E-state index is -0.0386. The van der Waals surface area contributed by atoms with Crippen LogP contribution in [-0.2, 0) is 4.74 Å². The van der Waals surface area contributed by atoms with Gasteiger partial charge in [0.2, 0.25) is 0 Å². The normalized spacial score (nSPS) is 15.7. The van der Waals surface area contributed by atoms with Gasteiger partial charge in [-0.1, -0.05) is 0 Å². The van der Waals surface area contributed by atoms with Gasteiger partial charge in [-0.25, -0.2) is 4.98 Å². The van der Waals surface area contributed by atoms with E-state index in [2.05, 4.69) is 15.6 Å². The Kier molecular flexibility index (Phi) is 5.95. The summed E-state index contributed by atoms with van der Waals surface area (Å²) in [7, 11) is 3.46. The summed E-state index contributed by atoms with van der Waals surface area (Å²) in [6.45, 7) is 3.48. The number of anilines is 1. The summed E-state index contributed by atoms with van der Waals surface area (Å²) >= 11 is 0. The number of nitrogens with zero attached hydrogens (tertiary/aromatic N) is 2. The summed E-state index contributed by atoms with van der Waals surface area (Å²) in [6, 6.07) is 3.60. The van der Waals surface area contributed by atoms with E-state index in [0.29, 0.717) is 18.3 Å². The van der Waals surface area contributed by atoms with Crippen LogP contribution in [0.1, 0.15) is 23.2 Å². The largest absolute Gasteiger partial charge is 0.376 e. The molecule has 0 aromatic carbocycles. The summed E-state index contributed by atoms with van der Waals surface area (Å²) in [5.41, 5.74) is 0.594. The third kappa shape index (κ3) is 4.99. The Hall–Kier alpha value is -1.66. The Morgan fingerprint density at radius 3 is 2.81 bits per heavy atom. The SMILES string of the molecule is CN(C)C(=O)c1ccc(NCCOC2CCNCC2)nc1. The van der Waals surface area contributed by atoms with Gasteiger partial charge < -0.3 is 20.3 Å². The molecule has 1 aromatic rings. The van der Waals surface area contributed by atoms with Crippen molar-refractivity contribution in [2.24, 2.45) is 0 Å². The van der Waals surface area contributed by atoms with Gasteiger partial charge >= 0.3 is 0 Å². The van der Waals surface area contributed by atoms with Crippen molar-refractivity contribution in [1.29, 1.82) is 0 Å². The highest BCUT2D eigenvalue weighted by atomic mass is 16.5. The zero-order valence-corrected chi connectivity index (χ0v) is 12.8. The van der Waals surface area contributed by atoms with Crippen molar-refractivity contribution in [3.63, 3.8) is 0 Å². The second-order valence-corrected chi connectivity index (χ2v) is 5.38. The Labute approximate surface area is 125 Å². The first-order valence-corrected chi connectivity index (χ1v) is 7.40. The second kappa shape index (κ2) is 7.95. The maximum absolute atomic E-state index is 11.7. The zero-order chi connectivity index (χ0) is 15.1. The van der Waals surface area contributed by atoms with Crippen molar-refractivity contribution in [1.82, 2.24) is 15.2 Å². The standard InChI is InChI=1S/C15H24N4O2/c1-19(2)15(20)12-3-4-14(18-11-12)17-9-10-21-13-5-7-16-8-6-13/h3-4,11,13,16H,5-10H2,1-2H3,(H,17,18). The van der Waals surface area contributed by atoms with Crippen molar-refractivity contribution in [3.8, 4) is 0 Å². The number of pyridine rings is 1. The number of carbonyl (C=O) groups is 1. The average Bonchev–Trinajstić information content (AvgIpc) is 2.52. The van der Waals surface area contributed by atoms with E-state index in [0.717, 1.165) is 38.3 Å². The first-order chi connectivity index (χ1) is 10.2. The number of nitrogens with one attached hydrogen (secondary N) is 2. The molecule has 0 atom stereocenters. The van der Waals surface area contributed by atoms with E-state index < -0.39 is 0 Å². The molecule has 116 valence electrons. The number of piperidine rings is 1. The van der Waals surface area contributed by atoms with E-state index in [4.69, 9.17) is 4.74 Å². The fraction of sp³-hybridized carbons (Fsp3) is 0.600. The minimum absolute atomic E-state index is 0.0386. The Morgan fingerprint density at radius 1 is 1.43 bits per heavy atom. The Bertz CT molecular complexity index is 441. The van der Waals surface area contributed by atoms with Gasteiger partial charge in [0.1, 0.15) is 5.82 Å². The van der Waals surface area contributed by atoms with Crippen LogP contribution in [0.5, 0.6) is 0 Å². The number of aromatic nitrogens is 1. The van der Waals surface area contributed by atoms with Gasteiger partial charge in [-0.15, -0.1) is 0 Å². The molecule has 2 N–H and O–H groups in total. The molecular formula is C15H24N4O2. The second-order valence-electron chi connectivity index (χ2n) is 5.38. The molecule has 1 aromatic heterocycles. The van der Waals surface area contributed by atoms with Gasteiger partial charge in [-0.2, -0.15) is 0 Å². The van der Waals surface area contributed by atoms with Crippen molar-refractivity contribution < 1.29 is 9.53 Å². The summed E-state index contributed by atoms with van der Waals surface area (Å²) in [5, 5.41) is 6.52. The van der Waals surface area contributed by atoms with Crippen LogP contribution in [0.25, 0.3) is 0 Å². The van der Waals surface area contributed by atoms with E-state index >= 15 is 0 Å². The molecule has 0 unspecified atom stereocenters. The number of rotatable bonds is 6. The summed E-state index contributed by atoms with van der Waals surface area (Å²) in [5.74, 6) is 0.725. The van der Waals surface area contributed by atoms with Gasteiger partial charge in [0.05, 0.1) is 18.3 Å². The number of carbonyl (C=O) groups excluding carboxylic acids is 1. The van der Waals surface area contributed by atoms with E-state index in [1.807, 2.05) is 6.07 Å². The molecule has 2 heterocycles. The van der Waals surface area contributed by atoms with Crippen molar-refractivity contribution >= 4 is 11.7 Å². The summed E-state index contributed by atoms with van der Waals surface area (Å²) in [4.78, 5) is 17.5. The van der Waals surface area contributed by atoms with Crippen LogP contribution in [0, 0.1) is 0 Å². The zero-order valence-electron chi connectivity index (χ0n) is 12.8. The minimum Gasteiger partial charge on any atom is -0.376 e. The van der Waals surface area contributed by atoms with Gasteiger partial charge in [0, 0.05) is 26.8 Å². The average molecular weight is 292 g/mol. The van der Waals surface area contributed by atoms with Crippen LogP contribution >= 0.6 is 0 Å². The quantitative estimate of drug-likeness (QED) is 0.765. The summed E-state index contributed by atoms with van der Waals surface area (Å²) < 4.78 is 5.81. The van der Waals surface area contributed by atoms with Crippen molar-refractivity contribution in [2.75, 3.05) is 45.7 Å². The highest BCUT2D eigenvalue weighted by Gasteiger charge is 2.12. The molecule has 0 aliphatic carbocycles.